The van der Waals surface area contributed by atoms with Crippen LogP contribution in [0.3, 0.4) is 0 Å². The van der Waals surface area contributed by atoms with E-state index in [0.717, 1.165) is 11.0 Å². The molecule has 0 aliphatic rings. The van der Waals surface area contributed by atoms with Crippen LogP contribution in [0, 0.1) is 16.9 Å². The van der Waals surface area contributed by atoms with Crippen LogP contribution >= 0.6 is 0 Å². The number of aliphatic hydroxyl groups excluding tert-OH is 1. The summed E-state index contributed by atoms with van der Waals surface area (Å²) in [5.41, 5.74) is 0.00100. The van der Waals surface area contributed by atoms with Gasteiger partial charge in [0, 0.05) is 49.0 Å². The molecule has 0 saturated carbocycles. The number of allylic oxidation sites excluding steroid dienone is 2. The number of carbonyl (C=O) groups is 1. The summed E-state index contributed by atoms with van der Waals surface area (Å²) in [6.45, 7) is 11.1. The molecule has 30 heavy (non-hydrogen) atoms. The minimum Gasteiger partial charge on any atom is -0.512 e. The number of nitrogens with zero attached hydrogens (tertiary/aromatic N) is 1. The number of carbonyl (C=O) groups excluding carboxylic acids is 1. The molecule has 3 rings (SSSR count). The number of aromatic nitrogens is 1. The third kappa shape index (κ3) is 7.43. The summed E-state index contributed by atoms with van der Waals surface area (Å²) in [6, 6.07) is 14.0. The van der Waals surface area contributed by atoms with Crippen LogP contribution in [-0.4, -0.2) is 15.9 Å². The predicted molar refractivity (Wildman–Crippen MR) is 114 cm³/mol. The quantitative estimate of drug-likeness (QED) is 0.215. The van der Waals surface area contributed by atoms with E-state index in [9.17, 15) is 9.90 Å². The van der Waals surface area contributed by atoms with E-state index in [0.29, 0.717) is 11.6 Å². The van der Waals surface area contributed by atoms with Gasteiger partial charge in [0.1, 0.15) is 11.3 Å². The van der Waals surface area contributed by atoms with Gasteiger partial charge in [-0.25, -0.2) is 4.98 Å². The number of ketones is 1. The molecule has 1 aromatic carbocycles. The number of benzene rings is 1. The van der Waals surface area contributed by atoms with Crippen molar-refractivity contribution < 1.29 is 39.2 Å². The average molecular weight is 587 g/mol. The van der Waals surface area contributed by atoms with Gasteiger partial charge in [-0.2, -0.15) is 18.2 Å². The Hall–Kier alpha value is -2.43. The number of furan rings is 1. The average Bonchev–Trinajstić information content (AvgIpc) is 3.11. The Balaban J connectivity index is 0.000000299. The molecule has 0 aliphatic carbocycles. The molecule has 0 amide bonds. The summed E-state index contributed by atoms with van der Waals surface area (Å²) in [4.78, 5) is 15.7. The van der Waals surface area contributed by atoms with Gasteiger partial charge in [0.15, 0.2) is 5.78 Å². The molecule has 0 spiro atoms. The fourth-order valence-electron chi connectivity index (χ4n) is 2.05. The molecule has 5 nitrogen and oxygen atoms in total. The SMILES string of the molecule is CC(C)(C)C(=O)/C=C(\O)C(C)(C)C.[Ir].[c-]1ccccc1Oc1nccc2occc12. The van der Waals surface area contributed by atoms with Crippen molar-refractivity contribution in [2.24, 2.45) is 10.8 Å². The molecular weight excluding hydrogens is 558 g/mol. The van der Waals surface area contributed by atoms with Crippen molar-refractivity contribution in [3.63, 3.8) is 0 Å². The van der Waals surface area contributed by atoms with E-state index in [-0.39, 0.29) is 37.1 Å². The van der Waals surface area contributed by atoms with Crippen molar-refractivity contribution in [1.82, 2.24) is 4.98 Å². The number of aliphatic hydroxyl groups is 1. The molecule has 0 saturated heterocycles. The summed E-state index contributed by atoms with van der Waals surface area (Å²) in [5.74, 6) is 1.28. The summed E-state index contributed by atoms with van der Waals surface area (Å²) in [7, 11) is 0. The maximum absolute atomic E-state index is 11.5. The van der Waals surface area contributed by atoms with E-state index < -0.39 is 5.41 Å². The molecule has 0 fully saturated rings. The Morgan fingerprint density at radius 3 is 2.37 bits per heavy atom. The van der Waals surface area contributed by atoms with Crippen molar-refractivity contribution in [2.75, 3.05) is 0 Å². The molecule has 1 N–H and O–H groups in total. The largest absolute Gasteiger partial charge is 0.512 e. The molecule has 163 valence electrons. The van der Waals surface area contributed by atoms with Crippen molar-refractivity contribution in [1.29, 1.82) is 0 Å². The molecule has 1 radical (unpaired) electrons. The first-order valence-corrected chi connectivity index (χ1v) is 9.41. The molecule has 0 aliphatic heterocycles. The number of fused-ring (bicyclic) bond motifs is 1. The van der Waals surface area contributed by atoms with Crippen LogP contribution in [0.15, 0.2) is 65.1 Å². The third-order valence-electron chi connectivity index (χ3n) is 4.01. The Bertz CT molecular complexity index is 980. The Kier molecular flexibility index (Phi) is 9.01. The van der Waals surface area contributed by atoms with Crippen LogP contribution in [0.25, 0.3) is 11.0 Å². The van der Waals surface area contributed by atoms with Crippen molar-refractivity contribution in [2.45, 2.75) is 41.5 Å². The number of para-hydroxylation sites is 1. The molecule has 2 aromatic heterocycles. The number of rotatable bonds is 3. The molecule has 0 atom stereocenters. The third-order valence-corrected chi connectivity index (χ3v) is 4.01. The first-order valence-electron chi connectivity index (χ1n) is 9.41. The predicted octanol–water partition coefficient (Wildman–Crippen LogP) is 6.51. The minimum atomic E-state index is -0.417. The maximum Gasteiger partial charge on any atom is 0.228 e. The molecule has 6 heteroatoms. The minimum absolute atomic E-state index is 0. The van der Waals surface area contributed by atoms with Gasteiger partial charge in [0.25, 0.3) is 0 Å². The van der Waals surface area contributed by atoms with Crippen LogP contribution < -0.4 is 4.74 Å². The van der Waals surface area contributed by atoms with Crippen LogP contribution in [-0.2, 0) is 24.9 Å². The second kappa shape index (κ2) is 10.6. The zero-order valence-corrected chi connectivity index (χ0v) is 20.5. The monoisotopic (exact) mass is 587 g/mol. The fraction of sp³-hybridized carbons (Fsp3) is 0.333. The van der Waals surface area contributed by atoms with Crippen LogP contribution in [0.1, 0.15) is 41.5 Å². The van der Waals surface area contributed by atoms with Gasteiger partial charge in [0.05, 0.1) is 11.6 Å². The van der Waals surface area contributed by atoms with E-state index in [1.165, 1.54) is 6.08 Å². The van der Waals surface area contributed by atoms with Gasteiger partial charge in [-0.15, -0.1) is 12.1 Å². The standard InChI is InChI=1S/C13H8NO2.C11H20O2.Ir/c1-2-4-10(5-3-1)16-13-11-7-9-15-12(11)6-8-14-13;1-10(2,3)8(12)7-9(13)11(4,5)6;/h1-4,6-9H;7,12H,1-6H3;/q-1;;/b;8-7-;. The second-order valence-electron chi connectivity index (χ2n) is 8.67. The van der Waals surface area contributed by atoms with E-state index in [1.54, 1.807) is 24.6 Å². The molecule has 3 aromatic rings. The van der Waals surface area contributed by atoms with Gasteiger partial charge >= 0.3 is 0 Å². The van der Waals surface area contributed by atoms with Crippen LogP contribution in [0.2, 0.25) is 0 Å². The van der Waals surface area contributed by atoms with Crippen molar-refractivity contribution in [3.05, 3.63) is 66.8 Å². The topological polar surface area (TPSA) is 72.6 Å². The normalized spacial score (nSPS) is 11.9. The number of ether oxygens (including phenoxy) is 1. The molecule has 0 unspecified atom stereocenters. The van der Waals surface area contributed by atoms with Gasteiger partial charge in [-0.1, -0.05) is 41.5 Å². The first-order chi connectivity index (χ1) is 13.5. The molecule has 0 bridgehead atoms. The summed E-state index contributed by atoms with van der Waals surface area (Å²) in [5, 5.41) is 10.4. The summed E-state index contributed by atoms with van der Waals surface area (Å²) in [6.07, 6.45) is 4.61. The van der Waals surface area contributed by atoms with Gasteiger partial charge < -0.3 is 14.3 Å². The van der Waals surface area contributed by atoms with Crippen molar-refractivity contribution in [3.8, 4) is 11.6 Å². The van der Waals surface area contributed by atoms with E-state index in [1.807, 2.05) is 65.8 Å². The number of pyridine rings is 1. The van der Waals surface area contributed by atoms with Crippen molar-refractivity contribution >= 4 is 16.8 Å². The van der Waals surface area contributed by atoms with Gasteiger partial charge in [0.2, 0.25) is 5.88 Å². The van der Waals surface area contributed by atoms with Gasteiger partial charge in [-0.3, -0.25) is 4.79 Å². The fourth-order valence-corrected chi connectivity index (χ4v) is 2.05. The van der Waals surface area contributed by atoms with E-state index >= 15 is 0 Å². The van der Waals surface area contributed by atoms with Crippen LogP contribution in [0.4, 0.5) is 0 Å². The number of hydrogen-bond donors (Lipinski definition) is 1. The maximum atomic E-state index is 11.5. The van der Waals surface area contributed by atoms with E-state index in [4.69, 9.17) is 9.15 Å². The van der Waals surface area contributed by atoms with Gasteiger partial charge in [-0.05, 0) is 12.1 Å². The summed E-state index contributed by atoms with van der Waals surface area (Å²) < 4.78 is 10.9. The second-order valence-corrected chi connectivity index (χ2v) is 8.67. The molecule has 2 heterocycles. The Labute approximate surface area is 191 Å². The smallest absolute Gasteiger partial charge is 0.228 e. The molecular formula is C24H28IrNO4-. The Morgan fingerprint density at radius 2 is 1.80 bits per heavy atom. The summed E-state index contributed by atoms with van der Waals surface area (Å²) >= 11 is 0. The zero-order chi connectivity index (χ0) is 21.7. The Morgan fingerprint density at radius 1 is 1.10 bits per heavy atom. The zero-order valence-electron chi connectivity index (χ0n) is 18.1. The number of hydrogen-bond acceptors (Lipinski definition) is 5. The van der Waals surface area contributed by atoms with Crippen LogP contribution in [0.5, 0.6) is 11.6 Å². The van der Waals surface area contributed by atoms with E-state index in [2.05, 4.69) is 11.1 Å². The first kappa shape index (κ1) is 25.6.